The fraction of sp³-hybridized carbons (Fsp3) is 0.182. The predicted molar refractivity (Wildman–Crippen MR) is 179 cm³/mol. The average Bonchev–Trinajstić information content (AvgIpc) is 3.02. The van der Waals surface area contributed by atoms with E-state index < -0.39 is 30.3 Å². The standard InChI is InChI=1S/C33H32Cl2O7SSi/c1-4-20-9-8-12-28(24(20)5-2)44-42-23-15-13-21(14-16-23)32(35)43(39,40)18-17-22-19-26(33(37)38)31(41-3)30(34)29(22)25-10-6-7-11-27(25)36/h6-19,32,36H,4-5,44H2,1-3H3,(H,37,38). The van der Waals surface area contributed by atoms with Crippen LogP contribution in [0.4, 0.5) is 0 Å². The van der Waals surface area contributed by atoms with Crippen LogP contribution in [0.3, 0.4) is 0 Å². The number of benzene rings is 4. The number of carboxylic acid groups (broad SMARTS) is 1. The topological polar surface area (TPSA) is 110 Å². The summed E-state index contributed by atoms with van der Waals surface area (Å²) < 4.78 is 36.6. The van der Waals surface area contributed by atoms with Gasteiger partial charge in [0.05, 0.1) is 12.1 Å². The lowest BCUT2D eigenvalue weighted by molar-refractivity contribution is 0.0693. The van der Waals surface area contributed by atoms with Crippen molar-refractivity contribution in [2.45, 2.75) is 31.4 Å². The number of aromatic hydroxyl groups is 1. The molecule has 0 radical (unpaired) electrons. The molecule has 1 unspecified atom stereocenters. The number of methoxy groups -OCH3 is 1. The molecule has 0 bridgehead atoms. The van der Waals surface area contributed by atoms with Crippen LogP contribution in [0.25, 0.3) is 17.2 Å². The first kappa shape index (κ1) is 33.1. The smallest absolute Gasteiger partial charge is 0.339 e. The van der Waals surface area contributed by atoms with E-state index >= 15 is 0 Å². The molecule has 0 saturated carbocycles. The van der Waals surface area contributed by atoms with Crippen molar-refractivity contribution in [3.8, 4) is 28.4 Å². The molecule has 1 atom stereocenters. The number of hydrogen-bond donors (Lipinski definition) is 2. The molecule has 230 valence electrons. The van der Waals surface area contributed by atoms with Gasteiger partial charge in [-0.15, -0.1) is 0 Å². The number of sulfone groups is 1. The molecule has 7 nitrogen and oxygen atoms in total. The number of hydrogen-bond acceptors (Lipinski definition) is 6. The van der Waals surface area contributed by atoms with Gasteiger partial charge in [-0.05, 0) is 70.6 Å². The summed E-state index contributed by atoms with van der Waals surface area (Å²) in [5.74, 6) is -0.958. The van der Waals surface area contributed by atoms with E-state index in [1.807, 2.05) is 0 Å². The van der Waals surface area contributed by atoms with Crippen LogP contribution in [0.2, 0.25) is 5.02 Å². The third kappa shape index (κ3) is 7.13. The van der Waals surface area contributed by atoms with Gasteiger partial charge < -0.3 is 19.4 Å². The molecule has 0 saturated heterocycles. The largest absolute Gasteiger partial charge is 0.545 e. The second-order valence-electron chi connectivity index (χ2n) is 9.89. The lowest BCUT2D eigenvalue weighted by Crippen LogP contribution is -2.25. The number of para-hydroxylation sites is 1. The van der Waals surface area contributed by atoms with E-state index in [0.717, 1.165) is 18.2 Å². The summed E-state index contributed by atoms with van der Waals surface area (Å²) in [6.45, 7) is 4.27. The molecule has 4 aromatic rings. The molecular formula is C33H32Cl2O7SSi. The fourth-order valence-corrected chi connectivity index (χ4v) is 8.13. The quantitative estimate of drug-likeness (QED) is 0.128. The van der Waals surface area contributed by atoms with Crippen LogP contribution in [-0.2, 0) is 22.7 Å². The number of ether oxygens (including phenoxy) is 1. The van der Waals surface area contributed by atoms with Crippen molar-refractivity contribution in [3.63, 3.8) is 0 Å². The third-order valence-corrected chi connectivity index (χ3v) is 11.4. The van der Waals surface area contributed by atoms with Gasteiger partial charge in [0.15, 0.2) is 20.3 Å². The highest BCUT2D eigenvalue weighted by atomic mass is 35.5. The number of aryl methyl sites for hydroxylation is 1. The number of aromatic carboxylic acids is 1. The zero-order chi connectivity index (χ0) is 32.0. The number of phenolic OH excluding ortho intramolecular Hbond substituents is 1. The van der Waals surface area contributed by atoms with Crippen molar-refractivity contribution >= 4 is 60.0 Å². The summed E-state index contributed by atoms with van der Waals surface area (Å²) in [4.78, 5) is 12.0. The summed E-state index contributed by atoms with van der Waals surface area (Å²) in [6, 6.07) is 20.4. The third-order valence-electron chi connectivity index (χ3n) is 7.23. The highest BCUT2D eigenvalue weighted by Gasteiger charge is 2.25. The second-order valence-corrected chi connectivity index (χ2v) is 14.2. The SMILES string of the molecule is CCc1cccc([SiH2]Oc2ccc(C(Cl)S(=O)(=O)C=Cc3cc(C(=O)O)c(OC)c(Cl)c3-c3ccccc3O)cc2)c1CC. The highest BCUT2D eigenvalue weighted by Crippen LogP contribution is 2.44. The number of carboxylic acids is 1. The Morgan fingerprint density at radius 1 is 1.02 bits per heavy atom. The Morgan fingerprint density at radius 2 is 1.73 bits per heavy atom. The summed E-state index contributed by atoms with van der Waals surface area (Å²) >= 11 is 13.0. The van der Waals surface area contributed by atoms with Crippen molar-refractivity contribution in [3.05, 3.63) is 111 Å². The first-order chi connectivity index (χ1) is 21.0. The van der Waals surface area contributed by atoms with E-state index in [4.69, 9.17) is 32.4 Å². The van der Waals surface area contributed by atoms with E-state index in [9.17, 15) is 23.4 Å². The minimum atomic E-state index is -4.10. The van der Waals surface area contributed by atoms with Gasteiger partial charge in [0.25, 0.3) is 9.76 Å². The van der Waals surface area contributed by atoms with Crippen LogP contribution in [0, 0.1) is 0 Å². The minimum absolute atomic E-state index is 0.0972. The Kier molecular flexibility index (Phi) is 10.8. The van der Waals surface area contributed by atoms with Gasteiger partial charge >= 0.3 is 5.97 Å². The van der Waals surface area contributed by atoms with E-state index in [2.05, 4.69) is 32.0 Å². The van der Waals surface area contributed by atoms with Crippen LogP contribution >= 0.6 is 23.2 Å². The van der Waals surface area contributed by atoms with Gasteiger partial charge in [0, 0.05) is 16.5 Å². The van der Waals surface area contributed by atoms with Gasteiger partial charge in [-0.2, -0.15) is 0 Å². The Labute approximate surface area is 269 Å². The number of phenols is 1. The molecule has 4 aromatic carbocycles. The number of halogens is 2. The predicted octanol–water partition coefficient (Wildman–Crippen LogP) is 6.66. The van der Waals surface area contributed by atoms with Crippen LogP contribution in [0.5, 0.6) is 17.2 Å². The van der Waals surface area contributed by atoms with Crippen LogP contribution in [0.1, 0.15) is 51.2 Å². The number of rotatable bonds is 12. The maximum atomic E-state index is 13.3. The van der Waals surface area contributed by atoms with Crippen LogP contribution in [-0.4, -0.2) is 41.5 Å². The molecule has 0 aliphatic rings. The van der Waals surface area contributed by atoms with Crippen molar-refractivity contribution in [1.29, 1.82) is 0 Å². The monoisotopic (exact) mass is 670 g/mol. The highest BCUT2D eigenvalue weighted by molar-refractivity contribution is 7.95. The molecule has 0 aromatic heterocycles. The van der Waals surface area contributed by atoms with Gasteiger partial charge in [-0.1, -0.05) is 85.6 Å². The number of carbonyl (C=O) groups is 1. The molecule has 2 N–H and O–H groups in total. The molecule has 0 amide bonds. The Hall–Kier alpha value is -3.76. The lowest BCUT2D eigenvalue weighted by atomic mass is 9.95. The van der Waals surface area contributed by atoms with Gasteiger partial charge in [0.1, 0.15) is 17.1 Å². The van der Waals surface area contributed by atoms with Crippen LogP contribution < -0.4 is 14.3 Å². The zero-order valence-corrected chi connectivity index (χ0v) is 28.1. The van der Waals surface area contributed by atoms with Crippen molar-refractivity contribution in [1.82, 2.24) is 0 Å². The summed E-state index contributed by atoms with van der Waals surface area (Å²) in [6.07, 6.45) is 3.10. The molecule has 0 aliphatic heterocycles. The molecule has 0 spiro atoms. The Morgan fingerprint density at radius 3 is 2.34 bits per heavy atom. The fourth-order valence-electron chi connectivity index (χ4n) is 5.01. The van der Waals surface area contributed by atoms with Crippen molar-refractivity contribution < 1.29 is 32.6 Å². The van der Waals surface area contributed by atoms with E-state index in [1.54, 1.807) is 42.5 Å². The maximum absolute atomic E-state index is 13.3. The van der Waals surface area contributed by atoms with Gasteiger partial charge in [-0.3, -0.25) is 0 Å². The first-order valence-electron chi connectivity index (χ1n) is 13.8. The van der Waals surface area contributed by atoms with Crippen LogP contribution in [0.15, 0.2) is 78.2 Å². The van der Waals surface area contributed by atoms with E-state index in [1.165, 1.54) is 41.6 Å². The molecule has 0 fully saturated rings. The van der Waals surface area contributed by atoms with Crippen molar-refractivity contribution in [2.75, 3.05) is 7.11 Å². The molecular weight excluding hydrogens is 639 g/mol. The Balaban J connectivity index is 1.61. The Bertz CT molecular complexity index is 1810. The van der Waals surface area contributed by atoms with E-state index in [-0.39, 0.29) is 38.8 Å². The maximum Gasteiger partial charge on any atom is 0.339 e. The minimum Gasteiger partial charge on any atom is -0.545 e. The summed E-state index contributed by atoms with van der Waals surface area (Å²) in [5, 5.41) is 22.3. The molecule has 0 heterocycles. The molecule has 4 rings (SSSR count). The van der Waals surface area contributed by atoms with E-state index in [0.29, 0.717) is 11.3 Å². The summed E-state index contributed by atoms with van der Waals surface area (Å²) in [5.41, 5.74) is 3.31. The average molecular weight is 672 g/mol. The molecule has 11 heteroatoms. The number of alkyl halides is 1. The normalized spacial score (nSPS) is 12.6. The molecule has 44 heavy (non-hydrogen) atoms. The van der Waals surface area contributed by atoms with Gasteiger partial charge in [0.2, 0.25) is 0 Å². The van der Waals surface area contributed by atoms with Crippen molar-refractivity contribution in [2.24, 2.45) is 0 Å². The summed E-state index contributed by atoms with van der Waals surface area (Å²) in [7, 11) is -3.90. The van der Waals surface area contributed by atoms with Gasteiger partial charge in [-0.25, -0.2) is 13.2 Å². The second kappa shape index (κ2) is 14.3. The lowest BCUT2D eigenvalue weighted by Gasteiger charge is -2.16. The first-order valence-corrected chi connectivity index (χ1v) is 17.5. The molecule has 0 aliphatic carbocycles. The zero-order valence-electron chi connectivity index (χ0n) is 24.4.